The third-order valence-corrected chi connectivity index (χ3v) is 3.60. The summed E-state index contributed by atoms with van der Waals surface area (Å²) in [4.78, 5) is 11.9. The van der Waals surface area contributed by atoms with E-state index in [2.05, 4.69) is 46.8 Å². The summed E-state index contributed by atoms with van der Waals surface area (Å²) in [6.07, 6.45) is 4.26. The molecule has 0 aliphatic carbocycles. The number of rotatable bonds is 8. The van der Waals surface area contributed by atoms with Crippen LogP contribution in [0.2, 0.25) is 0 Å². The summed E-state index contributed by atoms with van der Waals surface area (Å²) in [6.45, 7) is 4.94. The van der Waals surface area contributed by atoms with E-state index in [4.69, 9.17) is 0 Å². The fraction of sp³-hybridized carbons (Fsp3) is 0.389. The fourth-order valence-electron chi connectivity index (χ4n) is 2.16. The zero-order valence-corrected chi connectivity index (χ0v) is 13.8. The molecule has 23 heavy (non-hydrogen) atoms. The van der Waals surface area contributed by atoms with Gasteiger partial charge in [-0.3, -0.25) is 4.79 Å². The highest BCUT2D eigenvalue weighted by molar-refractivity contribution is 5.92. The van der Waals surface area contributed by atoms with Crippen LogP contribution in [0.15, 0.2) is 36.4 Å². The topological polar surface area (TPSA) is 66.9 Å². The molecule has 0 fully saturated rings. The van der Waals surface area contributed by atoms with Crippen molar-refractivity contribution in [1.82, 2.24) is 15.5 Å². The summed E-state index contributed by atoms with van der Waals surface area (Å²) in [5, 5.41) is 14.1. The molecule has 0 spiro atoms. The Labute approximate surface area is 137 Å². The Hall–Kier alpha value is -2.43. The molecule has 0 saturated heterocycles. The quantitative estimate of drug-likeness (QED) is 0.729. The standard InChI is InChI=1S/C18H24N4O/c1-3-5-6-13-19-18(23)16-11-12-17(22-21-16)20-15-9-7-14(4-2)8-10-15/h7-12H,3-6,13H2,1-2H3,(H,19,23)(H,20,22). The van der Waals surface area contributed by atoms with Crippen molar-refractivity contribution < 1.29 is 4.79 Å². The lowest BCUT2D eigenvalue weighted by Crippen LogP contribution is -2.25. The molecule has 0 bridgehead atoms. The maximum Gasteiger partial charge on any atom is 0.271 e. The molecule has 1 heterocycles. The van der Waals surface area contributed by atoms with Gasteiger partial charge in [-0.05, 0) is 42.7 Å². The van der Waals surface area contributed by atoms with Crippen molar-refractivity contribution in [3.05, 3.63) is 47.7 Å². The van der Waals surface area contributed by atoms with Gasteiger partial charge in [0.15, 0.2) is 11.5 Å². The van der Waals surface area contributed by atoms with Crippen LogP contribution in [0, 0.1) is 0 Å². The number of hydrogen-bond donors (Lipinski definition) is 2. The predicted octanol–water partition coefficient (Wildman–Crippen LogP) is 3.70. The molecule has 1 aromatic heterocycles. The van der Waals surface area contributed by atoms with Gasteiger partial charge in [0, 0.05) is 12.2 Å². The Morgan fingerprint density at radius 3 is 2.39 bits per heavy atom. The van der Waals surface area contributed by atoms with E-state index in [1.165, 1.54) is 5.56 Å². The largest absolute Gasteiger partial charge is 0.351 e. The van der Waals surface area contributed by atoms with Crippen LogP contribution < -0.4 is 10.6 Å². The second-order valence-corrected chi connectivity index (χ2v) is 5.44. The number of amides is 1. The monoisotopic (exact) mass is 312 g/mol. The number of hydrogen-bond acceptors (Lipinski definition) is 4. The number of aryl methyl sites for hydroxylation is 1. The molecule has 5 heteroatoms. The number of carbonyl (C=O) groups is 1. The highest BCUT2D eigenvalue weighted by Gasteiger charge is 2.07. The van der Waals surface area contributed by atoms with Crippen LogP contribution >= 0.6 is 0 Å². The summed E-state index contributed by atoms with van der Waals surface area (Å²) in [7, 11) is 0. The van der Waals surface area contributed by atoms with E-state index in [1.807, 2.05) is 12.1 Å². The van der Waals surface area contributed by atoms with Gasteiger partial charge in [0.1, 0.15) is 0 Å². The van der Waals surface area contributed by atoms with Crippen LogP contribution in [0.1, 0.15) is 49.2 Å². The minimum Gasteiger partial charge on any atom is -0.351 e. The summed E-state index contributed by atoms with van der Waals surface area (Å²) in [5.74, 6) is 0.448. The maximum atomic E-state index is 11.9. The first kappa shape index (κ1) is 16.9. The third kappa shape index (κ3) is 5.36. The van der Waals surface area contributed by atoms with Crippen LogP contribution in [0.5, 0.6) is 0 Å². The molecule has 0 radical (unpaired) electrons. The van der Waals surface area contributed by atoms with Crippen molar-refractivity contribution in [3.63, 3.8) is 0 Å². The molecule has 122 valence electrons. The molecule has 5 nitrogen and oxygen atoms in total. The summed E-state index contributed by atoms with van der Waals surface area (Å²) < 4.78 is 0. The Bertz CT molecular complexity index is 608. The van der Waals surface area contributed by atoms with E-state index in [0.29, 0.717) is 18.1 Å². The first-order chi connectivity index (χ1) is 11.2. The highest BCUT2D eigenvalue weighted by Crippen LogP contribution is 2.15. The molecule has 2 aromatic rings. The minimum absolute atomic E-state index is 0.174. The molecule has 1 aromatic carbocycles. The molecular formula is C18H24N4O. The molecule has 2 rings (SSSR count). The molecule has 2 N–H and O–H groups in total. The number of benzene rings is 1. The van der Waals surface area contributed by atoms with E-state index in [9.17, 15) is 4.79 Å². The SMILES string of the molecule is CCCCCNC(=O)c1ccc(Nc2ccc(CC)cc2)nn1. The van der Waals surface area contributed by atoms with E-state index in [-0.39, 0.29) is 5.91 Å². The van der Waals surface area contributed by atoms with Crippen LogP contribution in [0.4, 0.5) is 11.5 Å². The average molecular weight is 312 g/mol. The molecule has 0 aliphatic heterocycles. The Morgan fingerprint density at radius 1 is 1.00 bits per heavy atom. The lowest BCUT2D eigenvalue weighted by molar-refractivity contribution is 0.0947. The number of carbonyl (C=O) groups excluding carboxylic acids is 1. The third-order valence-electron chi connectivity index (χ3n) is 3.60. The van der Waals surface area contributed by atoms with Gasteiger partial charge >= 0.3 is 0 Å². The number of unbranched alkanes of at least 4 members (excludes halogenated alkanes) is 2. The normalized spacial score (nSPS) is 10.3. The van der Waals surface area contributed by atoms with Gasteiger partial charge in [0.25, 0.3) is 5.91 Å². The molecule has 0 saturated carbocycles. The van der Waals surface area contributed by atoms with Crippen LogP contribution in [0.3, 0.4) is 0 Å². The van der Waals surface area contributed by atoms with Crippen molar-refractivity contribution in [2.75, 3.05) is 11.9 Å². The Kier molecular flexibility index (Phi) is 6.54. The smallest absolute Gasteiger partial charge is 0.271 e. The van der Waals surface area contributed by atoms with Crippen molar-refractivity contribution in [3.8, 4) is 0 Å². The van der Waals surface area contributed by atoms with Gasteiger partial charge in [-0.2, -0.15) is 0 Å². The summed E-state index contributed by atoms with van der Waals surface area (Å²) >= 11 is 0. The lowest BCUT2D eigenvalue weighted by atomic mass is 10.1. The molecule has 0 unspecified atom stereocenters. The predicted molar refractivity (Wildman–Crippen MR) is 93.0 cm³/mol. The Morgan fingerprint density at radius 2 is 1.78 bits per heavy atom. The number of anilines is 2. The van der Waals surface area contributed by atoms with Gasteiger partial charge in [0.05, 0.1) is 0 Å². The van der Waals surface area contributed by atoms with Crippen LogP contribution in [-0.2, 0) is 6.42 Å². The van der Waals surface area contributed by atoms with E-state index < -0.39 is 0 Å². The van der Waals surface area contributed by atoms with Crippen molar-refractivity contribution >= 4 is 17.4 Å². The lowest BCUT2D eigenvalue weighted by Gasteiger charge is -2.07. The summed E-state index contributed by atoms with van der Waals surface area (Å²) in [5.41, 5.74) is 2.58. The number of aromatic nitrogens is 2. The average Bonchev–Trinajstić information content (AvgIpc) is 2.60. The zero-order chi connectivity index (χ0) is 16.5. The van der Waals surface area contributed by atoms with Crippen molar-refractivity contribution in [2.45, 2.75) is 39.5 Å². The van der Waals surface area contributed by atoms with Gasteiger partial charge < -0.3 is 10.6 Å². The second kappa shape index (κ2) is 8.88. The number of nitrogens with zero attached hydrogens (tertiary/aromatic N) is 2. The van der Waals surface area contributed by atoms with Gasteiger partial charge in [0.2, 0.25) is 0 Å². The molecular weight excluding hydrogens is 288 g/mol. The van der Waals surface area contributed by atoms with Gasteiger partial charge in [-0.15, -0.1) is 10.2 Å². The molecule has 0 atom stereocenters. The van der Waals surface area contributed by atoms with Crippen LogP contribution in [-0.4, -0.2) is 22.6 Å². The Balaban J connectivity index is 1.89. The van der Waals surface area contributed by atoms with Crippen molar-refractivity contribution in [2.24, 2.45) is 0 Å². The first-order valence-electron chi connectivity index (χ1n) is 8.20. The highest BCUT2D eigenvalue weighted by atomic mass is 16.1. The van der Waals surface area contributed by atoms with E-state index >= 15 is 0 Å². The fourth-order valence-corrected chi connectivity index (χ4v) is 2.16. The van der Waals surface area contributed by atoms with Gasteiger partial charge in [-0.25, -0.2) is 0 Å². The van der Waals surface area contributed by atoms with Crippen molar-refractivity contribution in [1.29, 1.82) is 0 Å². The number of nitrogens with one attached hydrogen (secondary N) is 2. The first-order valence-corrected chi connectivity index (χ1v) is 8.20. The van der Waals surface area contributed by atoms with Crippen LogP contribution in [0.25, 0.3) is 0 Å². The second-order valence-electron chi connectivity index (χ2n) is 5.44. The van der Waals surface area contributed by atoms with E-state index in [1.54, 1.807) is 12.1 Å². The van der Waals surface area contributed by atoms with E-state index in [0.717, 1.165) is 31.4 Å². The summed E-state index contributed by atoms with van der Waals surface area (Å²) in [6, 6.07) is 11.6. The zero-order valence-electron chi connectivity index (χ0n) is 13.8. The molecule has 0 aliphatic rings. The maximum absolute atomic E-state index is 11.9. The molecule has 1 amide bonds. The minimum atomic E-state index is -0.174. The van der Waals surface area contributed by atoms with Gasteiger partial charge in [-0.1, -0.05) is 38.8 Å².